The van der Waals surface area contributed by atoms with E-state index in [9.17, 15) is 4.79 Å². The number of amides is 1. The van der Waals surface area contributed by atoms with Crippen molar-refractivity contribution in [2.45, 2.75) is 45.2 Å². The van der Waals surface area contributed by atoms with Crippen molar-refractivity contribution in [2.24, 2.45) is 10.9 Å². The fourth-order valence-electron chi connectivity index (χ4n) is 3.92. The first-order valence-electron chi connectivity index (χ1n) is 9.62. The monoisotopic (exact) mass is 363 g/mol. The summed E-state index contributed by atoms with van der Waals surface area (Å²) in [4.78, 5) is 19.9. The number of likely N-dealkylation sites (N-methyl/N-ethyl adjacent to an activating group) is 1. The van der Waals surface area contributed by atoms with Gasteiger partial charge in [-0.1, -0.05) is 62.4 Å². The summed E-state index contributed by atoms with van der Waals surface area (Å²) in [5.74, 6) is 1.37. The molecule has 0 bridgehead atoms. The van der Waals surface area contributed by atoms with Crippen molar-refractivity contribution in [2.75, 3.05) is 11.9 Å². The predicted molar refractivity (Wildman–Crippen MR) is 112 cm³/mol. The molecule has 0 saturated heterocycles. The van der Waals surface area contributed by atoms with Crippen molar-refractivity contribution in [1.29, 1.82) is 0 Å². The maximum Gasteiger partial charge on any atom is 0.246 e. The molecular formula is C23H29N3O. The van der Waals surface area contributed by atoms with Gasteiger partial charge in [-0.15, -0.1) is 0 Å². The van der Waals surface area contributed by atoms with E-state index in [4.69, 9.17) is 4.99 Å². The lowest BCUT2D eigenvalue weighted by molar-refractivity contribution is -0.124. The Labute approximate surface area is 162 Å². The number of amidine groups is 1. The average molecular weight is 364 g/mol. The number of anilines is 1. The normalized spacial score (nSPS) is 22.3. The van der Waals surface area contributed by atoms with E-state index in [2.05, 4.69) is 43.1 Å². The molecule has 0 unspecified atom stereocenters. The van der Waals surface area contributed by atoms with Gasteiger partial charge in [0.1, 0.15) is 11.9 Å². The molecule has 4 heteroatoms. The summed E-state index contributed by atoms with van der Waals surface area (Å²) in [6.45, 7) is 6.43. The Balaban J connectivity index is 1.98. The third-order valence-electron chi connectivity index (χ3n) is 5.02. The maximum absolute atomic E-state index is 12.9. The molecule has 4 nitrogen and oxygen atoms in total. The van der Waals surface area contributed by atoms with Crippen molar-refractivity contribution in [3.8, 4) is 0 Å². The van der Waals surface area contributed by atoms with E-state index in [1.54, 1.807) is 0 Å². The van der Waals surface area contributed by atoms with Crippen LogP contribution in [0.2, 0.25) is 0 Å². The first-order chi connectivity index (χ1) is 12.9. The summed E-state index contributed by atoms with van der Waals surface area (Å²) < 4.78 is 0. The van der Waals surface area contributed by atoms with Crippen LogP contribution in [0.4, 0.5) is 5.69 Å². The van der Waals surface area contributed by atoms with Crippen LogP contribution in [0.15, 0.2) is 65.7 Å². The molecule has 1 amide bonds. The minimum atomic E-state index is -0.483. The van der Waals surface area contributed by atoms with Crippen LogP contribution in [0.3, 0.4) is 0 Å². The summed E-state index contributed by atoms with van der Waals surface area (Å²) in [7, 11) is 2.03. The van der Waals surface area contributed by atoms with Crippen molar-refractivity contribution in [3.63, 3.8) is 0 Å². The number of hydrogen-bond acceptors (Lipinski definition) is 3. The molecule has 0 spiro atoms. The molecule has 2 aromatic rings. The Morgan fingerprint density at radius 3 is 2.26 bits per heavy atom. The molecule has 0 fully saturated rings. The van der Waals surface area contributed by atoms with E-state index in [1.165, 1.54) is 0 Å². The number of benzene rings is 2. The van der Waals surface area contributed by atoms with Gasteiger partial charge >= 0.3 is 0 Å². The van der Waals surface area contributed by atoms with Crippen molar-refractivity contribution in [1.82, 2.24) is 5.32 Å². The number of nitrogens with one attached hydrogen (secondary N) is 1. The molecule has 2 atom stereocenters. The van der Waals surface area contributed by atoms with Gasteiger partial charge in [0.2, 0.25) is 5.91 Å². The zero-order chi connectivity index (χ0) is 19.4. The van der Waals surface area contributed by atoms with Crippen LogP contribution in [-0.4, -0.2) is 30.4 Å². The van der Waals surface area contributed by atoms with Crippen LogP contribution in [0.25, 0.3) is 0 Å². The number of nitrogens with zero attached hydrogens (tertiary/aromatic N) is 2. The number of para-hydroxylation sites is 1. The summed E-state index contributed by atoms with van der Waals surface area (Å²) in [5, 5.41) is 3.28. The van der Waals surface area contributed by atoms with Gasteiger partial charge < -0.3 is 10.2 Å². The molecule has 0 aromatic heterocycles. The van der Waals surface area contributed by atoms with E-state index in [-0.39, 0.29) is 5.91 Å². The van der Waals surface area contributed by atoms with E-state index in [0.29, 0.717) is 12.3 Å². The van der Waals surface area contributed by atoms with Gasteiger partial charge in [0, 0.05) is 19.2 Å². The van der Waals surface area contributed by atoms with E-state index >= 15 is 0 Å². The third kappa shape index (κ3) is 4.38. The number of rotatable bonds is 5. The molecule has 0 aliphatic carbocycles. The topological polar surface area (TPSA) is 44.7 Å². The fraction of sp³-hybridized carbons (Fsp3) is 0.391. The van der Waals surface area contributed by atoms with E-state index in [1.807, 2.05) is 55.6 Å². The molecule has 0 saturated carbocycles. The smallest absolute Gasteiger partial charge is 0.246 e. The zero-order valence-corrected chi connectivity index (χ0v) is 16.6. The molecule has 142 valence electrons. The maximum atomic E-state index is 12.9. The average Bonchev–Trinajstić information content (AvgIpc) is 2.64. The number of hydrogen-bond donors (Lipinski definition) is 1. The minimum absolute atomic E-state index is 0.00668. The summed E-state index contributed by atoms with van der Waals surface area (Å²) in [6.07, 6.45) is 1.45. The summed E-state index contributed by atoms with van der Waals surface area (Å²) in [5.41, 5.74) is 1.71. The van der Waals surface area contributed by atoms with Gasteiger partial charge in [-0.05, 0) is 37.0 Å². The summed E-state index contributed by atoms with van der Waals surface area (Å²) >= 11 is 0. The second kappa shape index (κ2) is 7.95. The lowest BCUT2D eigenvalue weighted by Gasteiger charge is -2.42. The molecule has 1 N–H and O–H groups in total. The predicted octanol–water partition coefficient (Wildman–Crippen LogP) is 4.07. The highest BCUT2D eigenvalue weighted by molar-refractivity contribution is 6.09. The minimum Gasteiger partial charge on any atom is -0.342 e. The van der Waals surface area contributed by atoms with Crippen LogP contribution >= 0.6 is 0 Å². The van der Waals surface area contributed by atoms with Gasteiger partial charge in [0.25, 0.3) is 0 Å². The quantitative estimate of drug-likeness (QED) is 0.870. The highest BCUT2D eigenvalue weighted by Crippen LogP contribution is 2.28. The van der Waals surface area contributed by atoms with Gasteiger partial charge in [0.15, 0.2) is 0 Å². The highest BCUT2D eigenvalue weighted by Gasteiger charge is 2.41. The Kier molecular flexibility index (Phi) is 5.64. The zero-order valence-electron chi connectivity index (χ0n) is 16.6. The highest BCUT2D eigenvalue weighted by atomic mass is 16.2. The fourth-order valence-corrected chi connectivity index (χ4v) is 3.92. The van der Waals surface area contributed by atoms with Crippen LogP contribution in [0.5, 0.6) is 0 Å². The molecule has 2 aromatic carbocycles. The second-order valence-corrected chi connectivity index (χ2v) is 7.97. The summed E-state index contributed by atoms with van der Waals surface area (Å²) in [6, 6.07) is 19.9. The van der Waals surface area contributed by atoms with Gasteiger partial charge in [-0.3, -0.25) is 9.79 Å². The van der Waals surface area contributed by atoms with Crippen molar-refractivity contribution in [3.05, 3.63) is 66.2 Å². The largest absolute Gasteiger partial charge is 0.342 e. The number of carbonyl (C=O) groups excluding carboxylic acids is 1. The molecule has 1 aliphatic heterocycles. The first-order valence-corrected chi connectivity index (χ1v) is 9.62. The Morgan fingerprint density at radius 2 is 1.67 bits per heavy atom. The lowest BCUT2D eigenvalue weighted by Crippen LogP contribution is -2.63. The van der Waals surface area contributed by atoms with Gasteiger partial charge in [-0.25, -0.2) is 0 Å². The third-order valence-corrected chi connectivity index (χ3v) is 5.02. The first kappa shape index (κ1) is 19.2. The van der Waals surface area contributed by atoms with Crippen LogP contribution in [0, 0.1) is 5.92 Å². The van der Waals surface area contributed by atoms with Crippen molar-refractivity contribution < 1.29 is 4.79 Å². The molecular weight excluding hydrogens is 334 g/mol. The van der Waals surface area contributed by atoms with Crippen LogP contribution < -0.4 is 10.2 Å². The van der Waals surface area contributed by atoms with Gasteiger partial charge in [0.05, 0.1) is 5.54 Å². The molecule has 27 heavy (non-hydrogen) atoms. The Bertz CT molecular complexity index is 801. The molecule has 0 radical (unpaired) electrons. The van der Waals surface area contributed by atoms with E-state index < -0.39 is 11.6 Å². The number of carbonyl (C=O) groups is 1. The molecule has 3 rings (SSSR count). The van der Waals surface area contributed by atoms with E-state index in [0.717, 1.165) is 23.5 Å². The Morgan fingerprint density at radius 1 is 1.07 bits per heavy atom. The van der Waals surface area contributed by atoms with Crippen LogP contribution in [-0.2, 0) is 11.2 Å². The second-order valence-electron chi connectivity index (χ2n) is 7.97. The number of aliphatic imine (C=N–C) groups is 1. The lowest BCUT2D eigenvalue weighted by atomic mass is 9.86. The SMILES string of the molecule is CC(C)C[C@]1(C)NC(=O)[C@H](Cc2ccccc2)N=C1N(C)c1ccccc1. The Hall–Kier alpha value is -2.62. The van der Waals surface area contributed by atoms with Gasteiger partial charge in [-0.2, -0.15) is 0 Å². The van der Waals surface area contributed by atoms with Crippen LogP contribution in [0.1, 0.15) is 32.8 Å². The standard InChI is InChI=1S/C23H29N3O/c1-17(2)16-23(3)22(26(4)19-13-9-6-10-14-19)24-20(21(27)25-23)15-18-11-7-5-8-12-18/h5-14,17,20H,15-16H2,1-4H3,(H,25,27)/t20-,23-/m0/s1. The van der Waals surface area contributed by atoms with Crippen molar-refractivity contribution >= 4 is 17.4 Å². The molecule has 1 aliphatic rings. The molecule has 1 heterocycles.